The fraction of sp³-hybridized carbons (Fsp3) is 0.882. The highest BCUT2D eigenvalue weighted by molar-refractivity contribution is 4.92. The third-order valence-corrected chi connectivity index (χ3v) is 4.93. The first-order valence-electron chi connectivity index (χ1n) is 8.70. The van der Waals surface area contributed by atoms with Crippen molar-refractivity contribution in [2.75, 3.05) is 6.54 Å². The average Bonchev–Trinajstić information content (AvgIpc) is 2.86. The van der Waals surface area contributed by atoms with Gasteiger partial charge in [-0.3, -0.25) is 0 Å². The molecule has 1 fully saturated rings. The summed E-state index contributed by atoms with van der Waals surface area (Å²) < 4.78 is 2.10. The summed E-state index contributed by atoms with van der Waals surface area (Å²) in [6, 6.07) is 0. The Kier molecular flexibility index (Phi) is 6.22. The smallest absolute Gasteiger partial charge is 0.138 e. The van der Waals surface area contributed by atoms with Crippen molar-refractivity contribution in [2.45, 2.75) is 65.8 Å². The van der Waals surface area contributed by atoms with Gasteiger partial charge in [0, 0.05) is 13.0 Å². The Morgan fingerprint density at radius 1 is 1.33 bits per heavy atom. The maximum atomic E-state index is 6.02. The lowest BCUT2D eigenvalue weighted by molar-refractivity contribution is 0.172. The van der Waals surface area contributed by atoms with Crippen LogP contribution in [0.1, 0.15) is 58.7 Å². The quantitative estimate of drug-likeness (QED) is 0.839. The average molecular weight is 292 g/mol. The van der Waals surface area contributed by atoms with Crippen LogP contribution in [0, 0.1) is 23.7 Å². The van der Waals surface area contributed by atoms with Gasteiger partial charge in [0.1, 0.15) is 12.2 Å². The first-order valence-corrected chi connectivity index (χ1v) is 8.70. The van der Waals surface area contributed by atoms with Crippen molar-refractivity contribution in [3.63, 3.8) is 0 Å². The zero-order chi connectivity index (χ0) is 15.2. The number of hydrogen-bond acceptors (Lipinski definition) is 3. The molecule has 2 rings (SSSR count). The molecule has 1 saturated carbocycles. The van der Waals surface area contributed by atoms with Crippen molar-refractivity contribution >= 4 is 0 Å². The normalized spacial score (nSPS) is 26.4. The molecule has 1 aromatic rings. The fourth-order valence-electron chi connectivity index (χ4n) is 3.83. The standard InChI is InChI=1S/C17H32N4/c1-4-5-14-6-7-15(10-18)16(8-14)9-17-19-12-20-21(17)11-13(2)3/h12-16H,4-11,18H2,1-3H3. The topological polar surface area (TPSA) is 56.7 Å². The minimum atomic E-state index is 0.606. The predicted molar refractivity (Wildman–Crippen MR) is 86.8 cm³/mol. The van der Waals surface area contributed by atoms with Crippen LogP contribution >= 0.6 is 0 Å². The van der Waals surface area contributed by atoms with Crippen LogP contribution in [0.25, 0.3) is 0 Å². The van der Waals surface area contributed by atoms with Crippen LogP contribution in [0.5, 0.6) is 0 Å². The van der Waals surface area contributed by atoms with E-state index in [2.05, 4.69) is 35.5 Å². The van der Waals surface area contributed by atoms with Gasteiger partial charge in [-0.05, 0) is 43.1 Å². The van der Waals surface area contributed by atoms with E-state index < -0.39 is 0 Å². The summed E-state index contributed by atoms with van der Waals surface area (Å²) in [6.07, 6.45) is 9.41. The molecule has 0 amide bonds. The molecule has 3 unspecified atom stereocenters. The van der Waals surface area contributed by atoms with E-state index in [0.717, 1.165) is 31.3 Å². The van der Waals surface area contributed by atoms with E-state index in [1.54, 1.807) is 6.33 Å². The Balaban J connectivity index is 2.02. The molecule has 0 bridgehead atoms. The molecule has 0 saturated heterocycles. The van der Waals surface area contributed by atoms with E-state index in [1.165, 1.54) is 32.1 Å². The van der Waals surface area contributed by atoms with Crippen LogP contribution in [0.2, 0.25) is 0 Å². The number of aromatic nitrogens is 3. The van der Waals surface area contributed by atoms with Crippen LogP contribution in [0.3, 0.4) is 0 Å². The Hall–Kier alpha value is -0.900. The van der Waals surface area contributed by atoms with E-state index in [9.17, 15) is 0 Å². The van der Waals surface area contributed by atoms with Crippen LogP contribution < -0.4 is 5.73 Å². The summed E-state index contributed by atoms with van der Waals surface area (Å²) in [5.74, 6) is 4.02. The summed E-state index contributed by atoms with van der Waals surface area (Å²) in [5, 5.41) is 4.40. The Bertz CT molecular complexity index is 413. The molecule has 1 aromatic heterocycles. The van der Waals surface area contributed by atoms with Gasteiger partial charge < -0.3 is 5.73 Å². The molecule has 4 nitrogen and oxygen atoms in total. The summed E-state index contributed by atoms with van der Waals surface area (Å²) in [4.78, 5) is 4.51. The largest absolute Gasteiger partial charge is 0.330 e. The molecule has 21 heavy (non-hydrogen) atoms. The molecule has 0 aliphatic heterocycles. The van der Waals surface area contributed by atoms with Gasteiger partial charge in [0.2, 0.25) is 0 Å². The van der Waals surface area contributed by atoms with Gasteiger partial charge in [-0.25, -0.2) is 9.67 Å². The van der Waals surface area contributed by atoms with Gasteiger partial charge in [0.05, 0.1) is 0 Å². The van der Waals surface area contributed by atoms with Crippen molar-refractivity contribution in [3.05, 3.63) is 12.2 Å². The minimum Gasteiger partial charge on any atom is -0.330 e. The Morgan fingerprint density at radius 2 is 2.14 bits per heavy atom. The number of rotatable bonds is 7. The lowest BCUT2D eigenvalue weighted by atomic mass is 9.71. The van der Waals surface area contributed by atoms with Crippen LogP contribution in [0.15, 0.2) is 6.33 Å². The van der Waals surface area contributed by atoms with Gasteiger partial charge in [0.25, 0.3) is 0 Å². The summed E-state index contributed by atoms with van der Waals surface area (Å²) in [6.45, 7) is 8.54. The first-order chi connectivity index (χ1) is 10.1. The van der Waals surface area contributed by atoms with Gasteiger partial charge in [-0.1, -0.05) is 40.0 Å². The van der Waals surface area contributed by atoms with Crippen molar-refractivity contribution in [1.82, 2.24) is 14.8 Å². The van der Waals surface area contributed by atoms with Crippen molar-refractivity contribution < 1.29 is 0 Å². The third-order valence-electron chi connectivity index (χ3n) is 4.93. The molecule has 2 N–H and O–H groups in total. The van der Waals surface area contributed by atoms with E-state index in [4.69, 9.17) is 5.73 Å². The maximum absolute atomic E-state index is 6.02. The molecule has 0 aromatic carbocycles. The molecule has 3 atom stereocenters. The molecule has 1 heterocycles. The molecule has 1 aliphatic carbocycles. The lowest BCUT2D eigenvalue weighted by Gasteiger charge is -2.35. The van der Waals surface area contributed by atoms with Crippen molar-refractivity contribution in [3.8, 4) is 0 Å². The van der Waals surface area contributed by atoms with E-state index in [0.29, 0.717) is 17.8 Å². The molecule has 1 aliphatic rings. The molecular formula is C17H32N4. The monoisotopic (exact) mass is 292 g/mol. The molecule has 0 radical (unpaired) electrons. The van der Waals surface area contributed by atoms with Crippen molar-refractivity contribution in [1.29, 1.82) is 0 Å². The third kappa shape index (κ3) is 4.53. The number of hydrogen-bond donors (Lipinski definition) is 1. The fourth-order valence-corrected chi connectivity index (χ4v) is 3.83. The maximum Gasteiger partial charge on any atom is 0.138 e. The van der Waals surface area contributed by atoms with E-state index in [1.807, 2.05) is 0 Å². The number of nitrogens with zero attached hydrogens (tertiary/aromatic N) is 3. The van der Waals surface area contributed by atoms with Crippen LogP contribution in [-0.4, -0.2) is 21.3 Å². The SMILES string of the molecule is CCCC1CCC(CN)C(Cc2ncnn2CC(C)C)C1. The first kappa shape index (κ1) is 16.5. The zero-order valence-corrected chi connectivity index (χ0v) is 14.0. The summed E-state index contributed by atoms with van der Waals surface area (Å²) in [7, 11) is 0. The zero-order valence-electron chi connectivity index (χ0n) is 14.0. The van der Waals surface area contributed by atoms with Crippen molar-refractivity contribution in [2.24, 2.45) is 29.4 Å². The second-order valence-corrected chi connectivity index (χ2v) is 7.18. The summed E-state index contributed by atoms with van der Waals surface area (Å²) >= 11 is 0. The van der Waals surface area contributed by atoms with Crippen LogP contribution in [-0.2, 0) is 13.0 Å². The van der Waals surface area contributed by atoms with Gasteiger partial charge in [0.15, 0.2) is 0 Å². The van der Waals surface area contributed by atoms with E-state index >= 15 is 0 Å². The highest BCUT2D eigenvalue weighted by Crippen LogP contribution is 2.37. The second-order valence-electron chi connectivity index (χ2n) is 7.18. The van der Waals surface area contributed by atoms with E-state index in [-0.39, 0.29) is 0 Å². The van der Waals surface area contributed by atoms with Gasteiger partial charge in [-0.15, -0.1) is 0 Å². The molecular weight excluding hydrogens is 260 g/mol. The predicted octanol–water partition coefficient (Wildman–Crippen LogP) is 3.27. The molecule has 120 valence electrons. The highest BCUT2D eigenvalue weighted by Gasteiger charge is 2.30. The van der Waals surface area contributed by atoms with Gasteiger partial charge in [-0.2, -0.15) is 5.10 Å². The summed E-state index contributed by atoms with van der Waals surface area (Å²) in [5.41, 5.74) is 6.02. The molecule has 4 heteroatoms. The Labute approximate surface area is 129 Å². The highest BCUT2D eigenvalue weighted by atomic mass is 15.3. The lowest BCUT2D eigenvalue weighted by Crippen LogP contribution is -2.32. The Morgan fingerprint density at radius 3 is 2.81 bits per heavy atom. The van der Waals surface area contributed by atoms with Gasteiger partial charge >= 0.3 is 0 Å². The number of nitrogens with two attached hydrogens (primary N) is 1. The molecule has 0 spiro atoms. The van der Waals surface area contributed by atoms with Crippen LogP contribution in [0.4, 0.5) is 0 Å². The second kappa shape index (κ2) is 7.92. The minimum absolute atomic E-state index is 0.606.